The molecule has 1 unspecified atom stereocenters. The molecular weight excluding hydrogens is 440 g/mol. The van der Waals surface area contributed by atoms with E-state index in [1.54, 1.807) is 35.0 Å². The van der Waals surface area contributed by atoms with Crippen molar-refractivity contribution >= 4 is 18.0 Å². The number of ether oxygens (including phenoxy) is 3. The van der Waals surface area contributed by atoms with Gasteiger partial charge in [-0.25, -0.2) is 4.79 Å². The molecule has 1 heterocycles. The number of carbonyl (C=O) groups excluding carboxylic acids is 2. The summed E-state index contributed by atoms with van der Waals surface area (Å²) in [5.41, 5.74) is 1.10. The van der Waals surface area contributed by atoms with Gasteiger partial charge in [-0.1, -0.05) is 0 Å². The minimum atomic E-state index is -0.747. The van der Waals surface area contributed by atoms with Crippen LogP contribution in [0, 0.1) is 11.8 Å². The van der Waals surface area contributed by atoms with Gasteiger partial charge in [0, 0.05) is 13.0 Å². The van der Waals surface area contributed by atoms with E-state index in [1.807, 2.05) is 12.1 Å². The smallest absolute Gasteiger partial charge is 0.411 e. The predicted octanol–water partition coefficient (Wildman–Crippen LogP) is 3.37. The first kappa shape index (κ1) is 25.6. The molecule has 0 saturated heterocycles. The highest BCUT2D eigenvalue weighted by Gasteiger charge is 2.38. The average molecular weight is 477 g/mol. The van der Waals surface area contributed by atoms with Gasteiger partial charge in [-0.3, -0.25) is 14.5 Å². The molecule has 1 aromatic carbocycles. The third-order valence-electron chi connectivity index (χ3n) is 6.53. The quantitative estimate of drug-likeness (QED) is 0.647. The van der Waals surface area contributed by atoms with Crippen LogP contribution in [0.2, 0.25) is 0 Å². The first-order valence-electron chi connectivity index (χ1n) is 11.8. The van der Waals surface area contributed by atoms with Gasteiger partial charge in [-0.2, -0.15) is 0 Å². The number of methoxy groups -OCH3 is 2. The fourth-order valence-electron chi connectivity index (χ4n) is 4.64. The lowest BCUT2D eigenvalue weighted by Gasteiger charge is -2.37. The molecule has 188 valence electrons. The standard InChI is InChI=1S/C25H36N2O7/c1-25(2,3)34-24(31)27-14-18-12-21(33-5)20(32-4)11-17(18)10-19(27)22(28)26-13-15-6-8-16(9-7-15)23(29)30/h11-12,15-16,19H,6-10,13-14H2,1-5H3,(H,26,28)(H,29,30). The molecule has 1 saturated carbocycles. The molecule has 2 N–H and O–H groups in total. The largest absolute Gasteiger partial charge is 0.493 e. The Morgan fingerprint density at radius 3 is 2.15 bits per heavy atom. The summed E-state index contributed by atoms with van der Waals surface area (Å²) in [7, 11) is 3.11. The third-order valence-corrected chi connectivity index (χ3v) is 6.53. The molecule has 9 nitrogen and oxygen atoms in total. The average Bonchev–Trinajstić information content (AvgIpc) is 2.79. The Morgan fingerprint density at radius 1 is 1.03 bits per heavy atom. The van der Waals surface area contributed by atoms with Gasteiger partial charge >= 0.3 is 12.1 Å². The number of rotatable bonds is 6. The second-order valence-electron chi connectivity index (χ2n) is 10.1. The molecule has 1 aliphatic heterocycles. The van der Waals surface area contributed by atoms with Crippen LogP contribution in [0.15, 0.2) is 12.1 Å². The number of hydrogen-bond acceptors (Lipinski definition) is 6. The monoisotopic (exact) mass is 476 g/mol. The molecule has 0 radical (unpaired) electrons. The van der Waals surface area contributed by atoms with E-state index in [9.17, 15) is 19.5 Å². The van der Waals surface area contributed by atoms with E-state index < -0.39 is 23.7 Å². The third kappa shape index (κ3) is 6.12. The van der Waals surface area contributed by atoms with Crippen LogP contribution in [0.4, 0.5) is 4.79 Å². The summed E-state index contributed by atoms with van der Waals surface area (Å²) >= 11 is 0. The van der Waals surface area contributed by atoms with Crippen molar-refractivity contribution in [2.75, 3.05) is 20.8 Å². The molecule has 0 spiro atoms. The Kier molecular flexibility index (Phi) is 7.94. The van der Waals surface area contributed by atoms with E-state index in [1.165, 1.54) is 4.90 Å². The number of carboxylic acid groups (broad SMARTS) is 1. The maximum Gasteiger partial charge on any atom is 0.411 e. The van der Waals surface area contributed by atoms with Crippen molar-refractivity contribution in [1.29, 1.82) is 0 Å². The first-order chi connectivity index (χ1) is 16.0. The van der Waals surface area contributed by atoms with Crippen LogP contribution >= 0.6 is 0 Å². The molecule has 2 aliphatic rings. The summed E-state index contributed by atoms with van der Waals surface area (Å²) in [5.74, 6) is 0.0767. The lowest BCUT2D eigenvalue weighted by molar-refractivity contribution is -0.143. The second-order valence-corrected chi connectivity index (χ2v) is 10.1. The Morgan fingerprint density at radius 2 is 1.62 bits per heavy atom. The molecule has 34 heavy (non-hydrogen) atoms. The summed E-state index contributed by atoms with van der Waals surface area (Å²) in [6.07, 6.45) is 2.55. The van der Waals surface area contributed by atoms with Crippen LogP contribution in [0.3, 0.4) is 0 Å². The van der Waals surface area contributed by atoms with Crippen LogP contribution < -0.4 is 14.8 Å². The van der Waals surface area contributed by atoms with Crippen molar-refractivity contribution in [2.24, 2.45) is 11.8 Å². The number of aliphatic carboxylic acids is 1. The number of hydrogen-bond donors (Lipinski definition) is 2. The highest BCUT2D eigenvalue weighted by molar-refractivity contribution is 5.86. The summed E-state index contributed by atoms with van der Waals surface area (Å²) in [6, 6.07) is 2.96. The van der Waals surface area contributed by atoms with E-state index in [-0.39, 0.29) is 24.3 Å². The first-order valence-corrected chi connectivity index (χ1v) is 11.8. The van der Waals surface area contributed by atoms with E-state index in [0.29, 0.717) is 37.3 Å². The fourth-order valence-corrected chi connectivity index (χ4v) is 4.64. The van der Waals surface area contributed by atoms with Crippen molar-refractivity contribution in [3.63, 3.8) is 0 Å². The Bertz CT molecular complexity index is 917. The van der Waals surface area contributed by atoms with Crippen LogP contribution in [-0.2, 0) is 27.3 Å². The zero-order chi connectivity index (χ0) is 25.0. The van der Waals surface area contributed by atoms with Crippen molar-refractivity contribution in [3.05, 3.63) is 23.3 Å². The summed E-state index contributed by atoms with van der Waals surface area (Å²) in [5, 5.41) is 12.2. The molecular formula is C25H36N2O7. The Labute approximate surface area is 200 Å². The van der Waals surface area contributed by atoms with Crippen molar-refractivity contribution in [2.45, 2.75) is 71.1 Å². The van der Waals surface area contributed by atoms with Gasteiger partial charge in [-0.05, 0) is 75.6 Å². The molecule has 3 rings (SSSR count). The highest BCUT2D eigenvalue weighted by atomic mass is 16.6. The maximum atomic E-state index is 13.3. The lowest BCUT2D eigenvalue weighted by atomic mass is 9.82. The fraction of sp³-hybridized carbons (Fsp3) is 0.640. The predicted molar refractivity (Wildman–Crippen MR) is 125 cm³/mol. The van der Waals surface area contributed by atoms with Crippen LogP contribution in [0.25, 0.3) is 0 Å². The van der Waals surface area contributed by atoms with Crippen LogP contribution in [-0.4, -0.2) is 60.4 Å². The number of nitrogens with zero attached hydrogens (tertiary/aromatic N) is 1. The van der Waals surface area contributed by atoms with E-state index >= 15 is 0 Å². The SMILES string of the molecule is COc1cc2c(cc1OC)CN(C(=O)OC(C)(C)C)C(C(=O)NCC1CCC(C(=O)O)CC1)C2. The number of benzene rings is 1. The Hall–Kier alpha value is -2.97. The molecule has 9 heteroatoms. The highest BCUT2D eigenvalue weighted by Crippen LogP contribution is 2.35. The van der Waals surface area contributed by atoms with Gasteiger partial charge in [0.15, 0.2) is 11.5 Å². The van der Waals surface area contributed by atoms with Gasteiger partial charge in [-0.15, -0.1) is 0 Å². The number of amides is 2. The van der Waals surface area contributed by atoms with Gasteiger partial charge < -0.3 is 24.6 Å². The molecule has 2 amide bonds. The normalized spacial score (nSPS) is 22.4. The number of carbonyl (C=O) groups is 3. The van der Waals surface area contributed by atoms with Crippen molar-refractivity contribution < 1.29 is 33.7 Å². The number of carboxylic acids is 1. The topological polar surface area (TPSA) is 114 Å². The zero-order valence-electron chi connectivity index (χ0n) is 20.7. The lowest BCUT2D eigenvalue weighted by Crippen LogP contribution is -2.54. The molecule has 1 fully saturated rings. The van der Waals surface area contributed by atoms with Gasteiger partial charge in [0.1, 0.15) is 11.6 Å². The molecule has 0 bridgehead atoms. The number of nitrogens with one attached hydrogen (secondary N) is 1. The number of fused-ring (bicyclic) bond motifs is 1. The van der Waals surface area contributed by atoms with Gasteiger partial charge in [0.05, 0.1) is 26.7 Å². The minimum Gasteiger partial charge on any atom is -0.493 e. The summed E-state index contributed by atoms with van der Waals surface area (Å²) in [6.45, 7) is 6.05. The molecule has 0 aromatic heterocycles. The van der Waals surface area contributed by atoms with E-state index in [2.05, 4.69) is 5.32 Å². The second kappa shape index (κ2) is 10.5. The van der Waals surface area contributed by atoms with Crippen LogP contribution in [0.5, 0.6) is 11.5 Å². The van der Waals surface area contributed by atoms with E-state index in [0.717, 1.165) is 24.0 Å². The summed E-state index contributed by atoms with van der Waals surface area (Å²) in [4.78, 5) is 39.0. The maximum absolute atomic E-state index is 13.3. The van der Waals surface area contributed by atoms with Crippen LogP contribution in [0.1, 0.15) is 57.6 Å². The van der Waals surface area contributed by atoms with Gasteiger partial charge in [0.2, 0.25) is 5.91 Å². The van der Waals surface area contributed by atoms with Crippen molar-refractivity contribution in [1.82, 2.24) is 10.2 Å². The van der Waals surface area contributed by atoms with Gasteiger partial charge in [0.25, 0.3) is 0 Å². The van der Waals surface area contributed by atoms with Crippen molar-refractivity contribution in [3.8, 4) is 11.5 Å². The zero-order valence-corrected chi connectivity index (χ0v) is 20.7. The Balaban J connectivity index is 1.76. The molecule has 1 atom stereocenters. The molecule has 1 aliphatic carbocycles. The van der Waals surface area contributed by atoms with E-state index in [4.69, 9.17) is 14.2 Å². The minimum absolute atomic E-state index is 0.215. The summed E-state index contributed by atoms with van der Waals surface area (Å²) < 4.78 is 16.4. The molecule has 1 aromatic rings.